The average Bonchev–Trinajstić information content (AvgIpc) is 2.45. The molecule has 0 amide bonds. The Bertz CT molecular complexity index is 237. The molecule has 0 nitrogen and oxygen atoms in total. The first-order valence-electron chi connectivity index (χ1n) is 7.24. The van der Waals surface area contributed by atoms with Gasteiger partial charge in [0.1, 0.15) is 0 Å². The summed E-state index contributed by atoms with van der Waals surface area (Å²) >= 11 is 0. The van der Waals surface area contributed by atoms with Gasteiger partial charge in [0.25, 0.3) is 0 Å². The zero-order valence-corrected chi connectivity index (χ0v) is 15.3. The van der Waals surface area contributed by atoms with Gasteiger partial charge in [-0.15, -0.1) is 0 Å². The molecule has 0 spiro atoms. The van der Waals surface area contributed by atoms with Crippen LogP contribution in [0.2, 0.25) is 0 Å². The fourth-order valence-electron chi connectivity index (χ4n) is 2.05. The average molecular weight is 416 g/mol. The first kappa shape index (κ1) is 20.2. The van der Waals surface area contributed by atoms with Crippen LogP contribution in [0.15, 0.2) is 24.3 Å². The minimum atomic E-state index is 0. The van der Waals surface area contributed by atoms with Gasteiger partial charge in [0.05, 0.1) is 0 Å². The van der Waals surface area contributed by atoms with Gasteiger partial charge in [-0.3, -0.25) is 0 Å². The van der Waals surface area contributed by atoms with E-state index in [9.17, 15) is 0 Å². The summed E-state index contributed by atoms with van der Waals surface area (Å²) in [5, 5.41) is 0. The molecule has 1 aliphatic rings. The van der Waals surface area contributed by atoms with Gasteiger partial charge in [0.15, 0.2) is 0 Å². The van der Waals surface area contributed by atoms with Crippen molar-refractivity contribution < 1.29 is 21.1 Å². The van der Waals surface area contributed by atoms with Crippen LogP contribution >= 0.6 is 0 Å². The van der Waals surface area contributed by atoms with E-state index in [0.29, 0.717) is 0 Å². The number of hydrogen-bond acceptors (Lipinski definition) is 0. The molecule has 0 radical (unpaired) electrons. The molecule has 1 unspecified atom stereocenters. The van der Waals surface area contributed by atoms with Gasteiger partial charge >= 0.3 is 21.1 Å². The molecule has 18 heavy (non-hydrogen) atoms. The van der Waals surface area contributed by atoms with Gasteiger partial charge in [-0.2, -0.15) is 48.2 Å². The minimum absolute atomic E-state index is 0. The predicted molar refractivity (Wildman–Crippen MR) is 77.9 cm³/mol. The van der Waals surface area contributed by atoms with Gasteiger partial charge < -0.3 is 6.42 Å². The Morgan fingerprint density at radius 3 is 2.39 bits per heavy atom. The van der Waals surface area contributed by atoms with Crippen molar-refractivity contribution in [3.63, 3.8) is 0 Å². The monoisotopic (exact) mass is 416 g/mol. The topological polar surface area (TPSA) is 0 Å². The van der Waals surface area contributed by atoms with Gasteiger partial charge in [0.2, 0.25) is 0 Å². The second-order valence-corrected chi connectivity index (χ2v) is 3.87. The molecule has 1 aromatic rings. The Morgan fingerprint density at radius 2 is 1.89 bits per heavy atom. The molecule has 1 saturated carbocycles. The fraction of sp³-hybridized carbons (Fsp3) is 0.588. The molecule has 0 N–H and O–H groups in total. The molecule has 0 aromatic heterocycles. The van der Waals surface area contributed by atoms with Crippen LogP contribution < -0.4 is 0 Å². The standard InChI is InChI=1S/C13H16.2C2H6.W/c1-3-7-12(8-4-1)11-13-9-5-2-6-10-13;2*1-2;/h1,3-4,7,9,13H,2,5-6,10-11H2;2*1-2H3;/q-2;;;+2. The first-order chi connectivity index (χ1) is 8.45. The van der Waals surface area contributed by atoms with Gasteiger partial charge in [-0.05, 0) is 0 Å². The molecule has 102 valence electrons. The SMILES string of the molecule is CC.CC.[W+2].[c-]1ccccc1CC1[CH-]CCCC1. The van der Waals surface area contributed by atoms with Crippen LogP contribution in [0.4, 0.5) is 0 Å². The van der Waals surface area contributed by atoms with E-state index >= 15 is 0 Å². The molecule has 2 rings (SSSR count). The van der Waals surface area contributed by atoms with E-state index in [-0.39, 0.29) is 21.1 Å². The summed E-state index contributed by atoms with van der Waals surface area (Å²) in [7, 11) is 0. The van der Waals surface area contributed by atoms with E-state index in [4.69, 9.17) is 0 Å². The van der Waals surface area contributed by atoms with Crippen molar-refractivity contribution in [2.75, 3.05) is 0 Å². The van der Waals surface area contributed by atoms with Crippen LogP contribution in [-0.2, 0) is 27.5 Å². The maximum Gasteiger partial charge on any atom is 2.00 e. The molecule has 1 aliphatic carbocycles. The van der Waals surface area contributed by atoms with Crippen LogP contribution in [0, 0.1) is 18.4 Å². The normalized spacial score (nSPS) is 17.2. The maximum atomic E-state index is 3.30. The van der Waals surface area contributed by atoms with Crippen LogP contribution in [0.1, 0.15) is 58.9 Å². The van der Waals surface area contributed by atoms with Gasteiger partial charge in [-0.1, -0.05) is 53.4 Å². The Hall–Kier alpha value is -0.0917. The molecule has 0 aliphatic heterocycles. The minimum Gasteiger partial charge on any atom is -0.325 e. The van der Waals surface area contributed by atoms with Gasteiger partial charge in [0, 0.05) is 0 Å². The Morgan fingerprint density at radius 1 is 1.17 bits per heavy atom. The zero-order chi connectivity index (χ0) is 12.9. The third kappa shape index (κ3) is 8.92. The molecule has 1 aromatic carbocycles. The quantitative estimate of drug-likeness (QED) is 0.561. The molecule has 0 saturated heterocycles. The van der Waals surface area contributed by atoms with E-state index in [1.807, 2.05) is 39.8 Å². The number of hydrogen-bond donors (Lipinski definition) is 0. The van der Waals surface area contributed by atoms with Crippen molar-refractivity contribution in [3.05, 3.63) is 42.3 Å². The van der Waals surface area contributed by atoms with Crippen molar-refractivity contribution in [2.45, 2.75) is 59.8 Å². The van der Waals surface area contributed by atoms with Crippen LogP contribution in [0.25, 0.3) is 0 Å². The predicted octanol–water partition coefficient (Wildman–Crippen LogP) is 5.47. The first-order valence-corrected chi connectivity index (χ1v) is 7.24. The Kier molecular flexibility index (Phi) is 16.8. The van der Waals surface area contributed by atoms with E-state index in [1.165, 1.54) is 37.7 Å². The summed E-state index contributed by atoms with van der Waals surface area (Å²) in [4.78, 5) is 0. The smallest absolute Gasteiger partial charge is 0.325 e. The maximum absolute atomic E-state index is 3.30. The van der Waals surface area contributed by atoms with Crippen LogP contribution in [0.3, 0.4) is 0 Å². The van der Waals surface area contributed by atoms with Crippen molar-refractivity contribution in [1.82, 2.24) is 0 Å². The van der Waals surface area contributed by atoms with Crippen molar-refractivity contribution in [1.29, 1.82) is 0 Å². The van der Waals surface area contributed by atoms with Crippen molar-refractivity contribution in [2.24, 2.45) is 5.92 Å². The third-order valence-electron chi connectivity index (χ3n) is 2.78. The van der Waals surface area contributed by atoms with E-state index < -0.39 is 0 Å². The van der Waals surface area contributed by atoms with E-state index in [1.54, 1.807) is 0 Å². The Balaban J connectivity index is 0. The van der Waals surface area contributed by atoms with Crippen molar-refractivity contribution in [3.8, 4) is 0 Å². The number of benzene rings is 1. The summed E-state index contributed by atoms with van der Waals surface area (Å²) < 4.78 is 0. The third-order valence-corrected chi connectivity index (χ3v) is 2.78. The van der Waals surface area contributed by atoms with Crippen LogP contribution in [-0.4, -0.2) is 0 Å². The van der Waals surface area contributed by atoms with E-state index in [0.717, 1.165) is 5.92 Å². The van der Waals surface area contributed by atoms with E-state index in [2.05, 4.69) is 24.6 Å². The molecular weight excluding hydrogens is 388 g/mol. The molecular formula is C17H28W. The van der Waals surface area contributed by atoms with Gasteiger partial charge in [-0.25, -0.2) is 0 Å². The van der Waals surface area contributed by atoms with Crippen molar-refractivity contribution >= 4 is 0 Å². The fourth-order valence-corrected chi connectivity index (χ4v) is 2.05. The Labute approximate surface area is 129 Å². The molecule has 0 bridgehead atoms. The summed E-state index contributed by atoms with van der Waals surface area (Å²) in [6.45, 7) is 8.00. The molecule has 1 atom stereocenters. The summed E-state index contributed by atoms with van der Waals surface area (Å²) in [5.74, 6) is 0.812. The van der Waals surface area contributed by atoms with Crippen LogP contribution in [0.5, 0.6) is 0 Å². The number of rotatable bonds is 2. The summed E-state index contributed by atoms with van der Waals surface area (Å²) in [5.41, 5.74) is 1.37. The summed E-state index contributed by atoms with van der Waals surface area (Å²) in [6, 6.07) is 11.6. The second kappa shape index (κ2) is 15.0. The molecule has 0 heterocycles. The molecule has 1 heteroatoms. The molecule has 1 fully saturated rings. The zero-order valence-electron chi connectivity index (χ0n) is 12.4. The summed E-state index contributed by atoms with van der Waals surface area (Å²) in [6.07, 6.45) is 9.19. The second-order valence-electron chi connectivity index (χ2n) is 3.87. The largest absolute Gasteiger partial charge is 2.00 e.